The molecule has 0 spiro atoms. The molecule has 0 aliphatic rings. The van der Waals surface area contributed by atoms with Gasteiger partial charge in [0.05, 0.1) is 13.5 Å². The van der Waals surface area contributed by atoms with Crippen LogP contribution < -0.4 is 0 Å². The minimum absolute atomic E-state index is 0.142. The average Bonchev–Trinajstić information content (AvgIpc) is 2.59. The van der Waals surface area contributed by atoms with Gasteiger partial charge in [-0.15, -0.1) is 12.3 Å². The van der Waals surface area contributed by atoms with Gasteiger partial charge in [0, 0.05) is 0 Å². The molecule has 0 aliphatic heterocycles. The highest BCUT2D eigenvalue weighted by Crippen LogP contribution is 2.26. The Labute approximate surface area is 130 Å². The van der Waals surface area contributed by atoms with Crippen molar-refractivity contribution in [1.82, 2.24) is 0 Å². The quantitative estimate of drug-likeness (QED) is 0.481. The number of carbonyl (C=O) groups excluding carboxylic acids is 1. The molecule has 0 saturated carbocycles. The summed E-state index contributed by atoms with van der Waals surface area (Å²) in [5.41, 5.74) is 2.24. The monoisotopic (exact) mass is 291 g/mol. The predicted molar refractivity (Wildman–Crippen MR) is 87.6 cm³/mol. The lowest BCUT2D eigenvalue weighted by molar-refractivity contribution is -0.132. The van der Waals surface area contributed by atoms with Gasteiger partial charge in [0.15, 0.2) is 0 Å². The van der Waals surface area contributed by atoms with Crippen molar-refractivity contribution < 1.29 is 9.53 Å². The van der Waals surface area contributed by atoms with Gasteiger partial charge in [0.2, 0.25) is 0 Å². The molecule has 2 aromatic carbocycles. The highest BCUT2D eigenvalue weighted by molar-refractivity contribution is 6.37. The molecule has 3 heteroatoms. The Kier molecular flexibility index (Phi) is 5.50. The van der Waals surface area contributed by atoms with Crippen LogP contribution >= 0.6 is 0 Å². The van der Waals surface area contributed by atoms with E-state index in [4.69, 9.17) is 11.2 Å². The highest BCUT2D eigenvalue weighted by Gasteiger charge is 2.17. The van der Waals surface area contributed by atoms with Crippen LogP contribution in [0.4, 0.5) is 0 Å². The molecule has 0 bridgehead atoms. The summed E-state index contributed by atoms with van der Waals surface area (Å²) in [5.74, 6) is 1.97. The normalized spacial score (nSPS) is 11.0. The molecule has 22 heavy (non-hydrogen) atoms. The molecule has 110 valence electrons. The summed E-state index contributed by atoms with van der Waals surface area (Å²) in [6.07, 6.45) is 5.48. The van der Waals surface area contributed by atoms with Crippen molar-refractivity contribution in [3.63, 3.8) is 0 Å². The van der Waals surface area contributed by atoms with Crippen LogP contribution in [0.25, 0.3) is 0 Å². The SMILES string of the molecule is C#CCC(=NC(c1ccccc1)c1ccccc1)C(=O)OC. The van der Waals surface area contributed by atoms with Crippen molar-refractivity contribution in [1.29, 1.82) is 0 Å². The van der Waals surface area contributed by atoms with Crippen molar-refractivity contribution in [3.05, 3.63) is 71.8 Å². The van der Waals surface area contributed by atoms with Crippen LogP contribution in [-0.2, 0) is 9.53 Å². The average molecular weight is 291 g/mol. The summed E-state index contributed by atoms with van der Waals surface area (Å²) in [5, 5.41) is 0. The molecule has 0 heterocycles. The van der Waals surface area contributed by atoms with E-state index in [1.165, 1.54) is 7.11 Å². The van der Waals surface area contributed by atoms with Gasteiger partial charge in [0.25, 0.3) is 0 Å². The van der Waals surface area contributed by atoms with Crippen LogP contribution in [-0.4, -0.2) is 18.8 Å². The summed E-state index contributed by atoms with van der Waals surface area (Å²) < 4.78 is 4.77. The molecule has 0 aliphatic carbocycles. The molecule has 0 N–H and O–H groups in total. The largest absolute Gasteiger partial charge is 0.465 e. The van der Waals surface area contributed by atoms with Gasteiger partial charge >= 0.3 is 5.97 Å². The Morgan fingerprint density at radius 2 is 1.59 bits per heavy atom. The molecule has 2 rings (SSSR count). The number of hydrogen-bond acceptors (Lipinski definition) is 3. The number of terminal acetylenes is 1. The lowest BCUT2D eigenvalue weighted by Crippen LogP contribution is -2.17. The zero-order valence-corrected chi connectivity index (χ0v) is 12.4. The van der Waals surface area contributed by atoms with Gasteiger partial charge in [-0.3, -0.25) is 4.99 Å². The molecule has 2 aromatic rings. The van der Waals surface area contributed by atoms with E-state index in [-0.39, 0.29) is 18.2 Å². The van der Waals surface area contributed by atoms with Crippen LogP contribution in [0.3, 0.4) is 0 Å². The van der Waals surface area contributed by atoms with E-state index < -0.39 is 5.97 Å². The maximum Gasteiger partial charge on any atom is 0.352 e. The molecule has 0 unspecified atom stereocenters. The minimum Gasteiger partial charge on any atom is -0.465 e. The number of aliphatic imine (C=N–C) groups is 1. The maximum atomic E-state index is 11.9. The van der Waals surface area contributed by atoms with Crippen LogP contribution in [0.1, 0.15) is 23.6 Å². The van der Waals surface area contributed by atoms with Gasteiger partial charge < -0.3 is 4.74 Å². The summed E-state index contributed by atoms with van der Waals surface area (Å²) >= 11 is 0. The second kappa shape index (κ2) is 7.80. The number of rotatable bonds is 5. The van der Waals surface area contributed by atoms with Gasteiger partial charge in [-0.2, -0.15) is 0 Å². The van der Waals surface area contributed by atoms with E-state index in [1.807, 2.05) is 60.7 Å². The fourth-order valence-corrected chi connectivity index (χ4v) is 2.15. The Hall–Kier alpha value is -2.86. The van der Waals surface area contributed by atoms with Gasteiger partial charge in [0.1, 0.15) is 11.8 Å². The second-order valence-corrected chi connectivity index (χ2v) is 4.67. The second-order valence-electron chi connectivity index (χ2n) is 4.67. The van der Waals surface area contributed by atoms with Gasteiger partial charge in [-0.1, -0.05) is 60.7 Å². The zero-order valence-electron chi connectivity index (χ0n) is 12.4. The smallest absolute Gasteiger partial charge is 0.352 e. The molecule has 0 saturated heterocycles. The lowest BCUT2D eigenvalue weighted by Gasteiger charge is -2.15. The Morgan fingerprint density at radius 3 is 2.00 bits per heavy atom. The molecular weight excluding hydrogens is 274 g/mol. The summed E-state index contributed by atoms with van der Waals surface area (Å²) in [4.78, 5) is 16.4. The van der Waals surface area contributed by atoms with E-state index in [9.17, 15) is 4.79 Å². The lowest BCUT2D eigenvalue weighted by atomic mass is 9.99. The number of benzene rings is 2. The Morgan fingerprint density at radius 1 is 1.09 bits per heavy atom. The van der Waals surface area contributed by atoms with E-state index in [0.29, 0.717) is 0 Å². The third kappa shape index (κ3) is 3.83. The number of hydrogen-bond donors (Lipinski definition) is 0. The Bertz CT molecular complexity index is 645. The van der Waals surface area contributed by atoms with E-state index >= 15 is 0 Å². The van der Waals surface area contributed by atoms with Gasteiger partial charge in [-0.25, -0.2) is 4.79 Å². The topological polar surface area (TPSA) is 38.7 Å². The fourth-order valence-electron chi connectivity index (χ4n) is 2.15. The first kappa shape index (κ1) is 15.5. The van der Waals surface area contributed by atoms with Crippen molar-refractivity contribution in [2.24, 2.45) is 4.99 Å². The first-order chi connectivity index (χ1) is 10.8. The molecule has 0 fully saturated rings. The molecule has 3 nitrogen and oxygen atoms in total. The first-order valence-electron chi connectivity index (χ1n) is 6.94. The minimum atomic E-state index is -0.491. The molecule has 0 aromatic heterocycles. The third-order valence-corrected chi connectivity index (χ3v) is 3.21. The first-order valence-corrected chi connectivity index (χ1v) is 6.94. The number of methoxy groups -OCH3 is 1. The van der Waals surface area contributed by atoms with Crippen molar-refractivity contribution in [3.8, 4) is 12.3 Å². The van der Waals surface area contributed by atoms with Crippen molar-refractivity contribution in [2.45, 2.75) is 12.5 Å². The molecule has 0 amide bonds. The Balaban J connectivity index is 2.49. The van der Waals surface area contributed by atoms with Crippen LogP contribution in [0, 0.1) is 12.3 Å². The van der Waals surface area contributed by atoms with Crippen molar-refractivity contribution >= 4 is 11.7 Å². The molecular formula is C19H17NO2. The molecule has 0 radical (unpaired) electrons. The van der Waals surface area contributed by atoms with E-state index in [0.717, 1.165) is 11.1 Å². The maximum absolute atomic E-state index is 11.9. The standard InChI is InChI=1S/C19H17NO2/c1-3-10-17(19(21)22-2)20-18(15-11-6-4-7-12-15)16-13-8-5-9-14-16/h1,4-9,11-14,18H,10H2,2H3. The number of esters is 1. The third-order valence-electron chi connectivity index (χ3n) is 3.21. The molecule has 0 atom stereocenters. The highest BCUT2D eigenvalue weighted by atomic mass is 16.5. The van der Waals surface area contributed by atoms with Crippen LogP contribution in [0.2, 0.25) is 0 Å². The number of nitrogens with zero attached hydrogens (tertiary/aromatic N) is 1. The number of ether oxygens (including phenoxy) is 1. The van der Waals surface area contributed by atoms with Crippen LogP contribution in [0.15, 0.2) is 65.7 Å². The van der Waals surface area contributed by atoms with Gasteiger partial charge in [-0.05, 0) is 11.1 Å². The number of carbonyl (C=O) groups is 1. The zero-order chi connectivity index (χ0) is 15.8. The van der Waals surface area contributed by atoms with E-state index in [1.54, 1.807) is 0 Å². The summed E-state index contributed by atoms with van der Waals surface area (Å²) in [6, 6.07) is 19.3. The van der Waals surface area contributed by atoms with E-state index in [2.05, 4.69) is 10.9 Å². The fraction of sp³-hybridized carbons (Fsp3) is 0.158. The summed E-state index contributed by atoms with van der Waals surface area (Å²) in [6.45, 7) is 0. The van der Waals surface area contributed by atoms with Crippen molar-refractivity contribution in [2.75, 3.05) is 7.11 Å². The summed E-state index contributed by atoms with van der Waals surface area (Å²) in [7, 11) is 1.33. The predicted octanol–water partition coefficient (Wildman–Crippen LogP) is 3.41. The van der Waals surface area contributed by atoms with Crippen LogP contribution in [0.5, 0.6) is 0 Å².